The normalized spacial score (nSPS) is 15.6. The molecule has 3 heterocycles. The first kappa shape index (κ1) is 21.6. The lowest BCUT2D eigenvalue weighted by Gasteiger charge is -2.32. The van der Waals surface area contributed by atoms with Gasteiger partial charge in [-0.05, 0) is 48.5 Å². The van der Waals surface area contributed by atoms with Gasteiger partial charge in [0.05, 0.1) is 16.9 Å². The third kappa shape index (κ3) is 4.90. The Kier molecular flexibility index (Phi) is 6.09. The number of anilines is 1. The molecule has 0 unspecified atom stereocenters. The first-order chi connectivity index (χ1) is 16.0. The molecule has 3 N–H and O–H groups in total. The third-order valence-electron chi connectivity index (χ3n) is 6.06. The van der Waals surface area contributed by atoms with Gasteiger partial charge >= 0.3 is 0 Å². The van der Waals surface area contributed by atoms with Crippen LogP contribution in [0, 0.1) is 0 Å². The molecule has 0 atom stereocenters. The van der Waals surface area contributed by atoms with Gasteiger partial charge in [0.15, 0.2) is 0 Å². The van der Waals surface area contributed by atoms with Gasteiger partial charge in [0.2, 0.25) is 5.95 Å². The summed E-state index contributed by atoms with van der Waals surface area (Å²) in [5, 5.41) is 9.42. The van der Waals surface area contributed by atoms with E-state index in [-0.39, 0.29) is 5.95 Å². The van der Waals surface area contributed by atoms with Crippen molar-refractivity contribution < 1.29 is 0 Å². The van der Waals surface area contributed by atoms with Gasteiger partial charge < -0.3 is 10.6 Å². The maximum atomic E-state index is 6.61. The smallest absolute Gasteiger partial charge is 0.220 e. The number of benzene rings is 2. The van der Waals surface area contributed by atoms with E-state index in [1.807, 2.05) is 42.5 Å². The number of rotatable bonds is 5. The standard InChI is InChI=1S/C25H26ClN7/c1-32-10-12-33(13-11-32)16-19-4-2-17(14-21(19)26)3-7-23-20-6-5-18(15-24(20)31-30-23)22-8-9-28-25(27)29-22/h2-9,14-15H,10-13,16H2,1H3,(H,30,31)(H2,27,28,29)/b7-3+. The summed E-state index contributed by atoms with van der Waals surface area (Å²) in [6.45, 7) is 5.25. The van der Waals surface area contributed by atoms with Crippen molar-refractivity contribution >= 4 is 40.6 Å². The number of nitrogen functional groups attached to an aromatic ring is 1. The number of likely N-dealkylation sites (N-methyl/N-ethyl adjacent to an activating group) is 1. The number of piperazine rings is 1. The molecule has 0 amide bonds. The number of nitrogens with two attached hydrogens (primary N) is 1. The molecule has 1 fully saturated rings. The van der Waals surface area contributed by atoms with Gasteiger partial charge in [0.25, 0.3) is 0 Å². The lowest BCUT2D eigenvalue weighted by atomic mass is 10.1. The molecule has 0 spiro atoms. The number of nitrogens with zero attached hydrogens (tertiary/aromatic N) is 5. The summed E-state index contributed by atoms with van der Waals surface area (Å²) in [5.41, 5.74) is 11.5. The zero-order chi connectivity index (χ0) is 22.8. The van der Waals surface area contributed by atoms with Crippen LogP contribution in [0.3, 0.4) is 0 Å². The molecule has 2 aromatic carbocycles. The van der Waals surface area contributed by atoms with Crippen LogP contribution in [-0.2, 0) is 6.54 Å². The van der Waals surface area contributed by atoms with E-state index in [0.717, 1.165) is 71.2 Å². The molecule has 0 aliphatic carbocycles. The minimum Gasteiger partial charge on any atom is -0.368 e. The minimum absolute atomic E-state index is 0.258. The number of hydrogen-bond acceptors (Lipinski definition) is 6. The highest BCUT2D eigenvalue weighted by molar-refractivity contribution is 6.31. The number of H-pyrrole nitrogens is 1. The van der Waals surface area contributed by atoms with Gasteiger partial charge in [-0.2, -0.15) is 5.10 Å². The van der Waals surface area contributed by atoms with E-state index >= 15 is 0 Å². The molecule has 7 nitrogen and oxygen atoms in total. The molecule has 5 rings (SSSR count). The van der Waals surface area contributed by atoms with Crippen LogP contribution in [0.25, 0.3) is 34.3 Å². The fourth-order valence-electron chi connectivity index (χ4n) is 4.08. The van der Waals surface area contributed by atoms with E-state index in [4.69, 9.17) is 17.3 Å². The van der Waals surface area contributed by atoms with Gasteiger partial charge in [-0.15, -0.1) is 0 Å². The third-order valence-corrected chi connectivity index (χ3v) is 6.41. The highest BCUT2D eigenvalue weighted by Gasteiger charge is 2.15. The Morgan fingerprint density at radius 1 is 1.06 bits per heavy atom. The maximum Gasteiger partial charge on any atom is 0.220 e. The summed E-state index contributed by atoms with van der Waals surface area (Å²) >= 11 is 6.61. The number of fused-ring (bicyclic) bond motifs is 1. The SMILES string of the molecule is CN1CCN(Cc2ccc(/C=C/c3n[nH]c4cc(-c5ccnc(N)n5)ccc34)cc2Cl)CC1. The summed E-state index contributed by atoms with van der Waals surface area (Å²) < 4.78 is 0. The highest BCUT2D eigenvalue weighted by Crippen LogP contribution is 2.26. The van der Waals surface area contributed by atoms with Crippen molar-refractivity contribution in [2.45, 2.75) is 6.54 Å². The summed E-state index contributed by atoms with van der Waals surface area (Å²) in [4.78, 5) is 13.1. The fourth-order valence-corrected chi connectivity index (χ4v) is 4.33. The van der Waals surface area contributed by atoms with Crippen molar-refractivity contribution in [1.29, 1.82) is 0 Å². The van der Waals surface area contributed by atoms with Gasteiger partial charge in [-0.25, -0.2) is 9.97 Å². The van der Waals surface area contributed by atoms with Crippen molar-refractivity contribution in [3.63, 3.8) is 0 Å². The summed E-state index contributed by atoms with van der Waals surface area (Å²) in [6.07, 6.45) is 5.71. The van der Waals surface area contributed by atoms with E-state index in [9.17, 15) is 0 Å². The lowest BCUT2D eigenvalue weighted by molar-refractivity contribution is 0.148. The molecule has 1 aliphatic heterocycles. The molecule has 2 aromatic heterocycles. The van der Waals surface area contributed by atoms with Crippen molar-refractivity contribution in [3.8, 4) is 11.3 Å². The monoisotopic (exact) mass is 459 g/mol. The first-order valence-corrected chi connectivity index (χ1v) is 11.4. The predicted molar refractivity (Wildman–Crippen MR) is 135 cm³/mol. The van der Waals surface area contributed by atoms with E-state index in [2.05, 4.69) is 49.1 Å². The molecule has 0 saturated carbocycles. The summed E-state index contributed by atoms with van der Waals surface area (Å²) in [5.74, 6) is 0.258. The second-order valence-corrected chi connectivity index (χ2v) is 8.84. The number of aromatic amines is 1. The number of nitrogens with one attached hydrogen (secondary N) is 1. The quantitative estimate of drug-likeness (QED) is 0.465. The van der Waals surface area contributed by atoms with Crippen LogP contribution < -0.4 is 5.73 Å². The fraction of sp³-hybridized carbons (Fsp3) is 0.240. The maximum absolute atomic E-state index is 6.61. The topological polar surface area (TPSA) is 87.0 Å². The Bertz CT molecular complexity index is 1310. The lowest BCUT2D eigenvalue weighted by Crippen LogP contribution is -2.43. The Hall–Kier alpha value is -3.26. The van der Waals surface area contributed by atoms with Crippen LogP contribution in [0.15, 0.2) is 48.7 Å². The zero-order valence-electron chi connectivity index (χ0n) is 18.5. The summed E-state index contributed by atoms with van der Waals surface area (Å²) in [6, 6.07) is 14.2. The molecule has 0 bridgehead atoms. The van der Waals surface area contributed by atoms with Crippen LogP contribution in [-0.4, -0.2) is 63.2 Å². The number of hydrogen-bond donors (Lipinski definition) is 2. The molecule has 4 aromatic rings. The molecule has 168 valence electrons. The molecule has 0 radical (unpaired) electrons. The molecule has 1 aliphatic rings. The average Bonchev–Trinajstić information content (AvgIpc) is 3.23. The Morgan fingerprint density at radius 2 is 1.91 bits per heavy atom. The van der Waals surface area contributed by atoms with Crippen LogP contribution >= 0.6 is 11.6 Å². The summed E-state index contributed by atoms with van der Waals surface area (Å²) in [7, 11) is 2.17. The Labute approximate surface area is 197 Å². The Morgan fingerprint density at radius 3 is 2.70 bits per heavy atom. The minimum atomic E-state index is 0.258. The zero-order valence-corrected chi connectivity index (χ0v) is 19.3. The Balaban J connectivity index is 1.31. The van der Waals surface area contributed by atoms with E-state index in [1.165, 1.54) is 5.56 Å². The van der Waals surface area contributed by atoms with Crippen molar-refractivity contribution in [2.75, 3.05) is 39.0 Å². The van der Waals surface area contributed by atoms with E-state index in [1.54, 1.807) is 6.20 Å². The van der Waals surface area contributed by atoms with E-state index in [0.29, 0.717) is 0 Å². The molecule has 8 heteroatoms. The van der Waals surface area contributed by atoms with Crippen molar-refractivity contribution in [3.05, 3.63) is 70.5 Å². The van der Waals surface area contributed by atoms with Gasteiger partial charge in [0.1, 0.15) is 0 Å². The number of halogens is 1. The second-order valence-electron chi connectivity index (χ2n) is 8.43. The highest BCUT2D eigenvalue weighted by atomic mass is 35.5. The van der Waals surface area contributed by atoms with E-state index < -0.39 is 0 Å². The van der Waals surface area contributed by atoms with Crippen molar-refractivity contribution in [2.24, 2.45) is 0 Å². The van der Waals surface area contributed by atoms with Crippen LogP contribution in [0.5, 0.6) is 0 Å². The predicted octanol–water partition coefficient (Wildman–Crippen LogP) is 4.17. The van der Waals surface area contributed by atoms with Crippen LogP contribution in [0.1, 0.15) is 16.8 Å². The van der Waals surface area contributed by atoms with Crippen LogP contribution in [0.2, 0.25) is 5.02 Å². The van der Waals surface area contributed by atoms with Gasteiger partial charge in [-0.1, -0.05) is 35.9 Å². The molecule has 1 saturated heterocycles. The molecular formula is C25H26ClN7. The number of aromatic nitrogens is 4. The van der Waals surface area contributed by atoms with Gasteiger partial charge in [0, 0.05) is 54.9 Å². The first-order valence-electron chi connectivity index (χ1n) is 11.0. The molecule has 33 heavy (non-hydrogen) atoms. The second kappa shape index (κ2) is 9.31. The van der Waals surface area contributed by atoms with Crippen LogP contribution in [0.4, 0.5) is 5.95 Å². The van der Waals surface area contributed by atoms with Crippen molar-refractivity contribution in [1.82, 2.24) is 30.0 Å². The average molecular weight is 460 g/mol. The largest absolute Gasteiger partial charge is 0.368 e. The van der Waals surface area contributed by atoms with Gasteiger partial charge in [-0.3, -0.25) is 10.00 Å². The molecular weight excluding hydrogens is 434 g/mol.